The summed E-state index contributed by atoms with van der Waals surface area (Å²) in [5.41, 5.74) is 2.46. The van der Waals surface area contributed by atoms with Crippen molar-refractivity contribution >= 4 is 27.4 Å². The molecule has 0 radical (unpaired) electrons. The van der Waals surface area contributed by atoms with Crippen molar-refractivity contribution in [1.82, 2.24) is 24.6 Å². The van der Waals surface area contributed by atoms with Crippen LogP contribution in [0.25, 0.3) is 10.2 Å². The molecule has 3 aromatic rings. The average Bonchev–Trinajstić information content (AvgIpc) is 3.30. The monoisotopic (exact) mass is 442 g/mol. The summed E-state index contributed by atoms with van der Waals surface area (Å²) < 4.78 is 13.5. The van der Waals surface area contributed by atoms with Gasteiger partial charge in [0.2, 0.25) is 0 Å². The van der Waals surface area contributed by atoms with Gasteiger partial charge in [0.15, 0.2) is 0 Å². The Hall–Kier alpha value is -2.07. The van der Waals surface area contributed by atoms with Gasteiger partial charge in [-0.25, -0.2) is 9.97 Å². The van der Waals surface area contributed by atoms with E-state index < -0.39 is 0 Å². The minimum absolute atomic E-state index is 0.0841. The first-order chi connectivity index (χ1) is 15.1. The van der Waals surface area contributed by atoms with Crippen LogP contribution in [0, 0.1) is 20.8 Å². The summed E-state index contributed by atoms with van der Waals surface area (Å²) in [6, 6.07) is 0. The van der Waals surface area contributed by atoms with Gasteiger partial charge in [-0.2, -0.15) is 5.10 Å². The van der Waals surface area contributed by atoms with Crippen molar-refractivity contribution in [1.29, 1.82) is 0 Å². The highest BCUT2D eigenvalue weighted by Gasteiger charge is 2.26. The molecular formula is C22H30N6O2S. The Labute approximate surface area is 186 Å². The second-order valence-electron chi connectivity index (χ2n) is 8.49. The molecule has 5 rings (SSSR count). The Morgan fingerprint density at radius 2 is 1.94 bits per heavy atom. The van der Waals surface area contributed by atoms with Gasteiger partial charge in [0.05, 0.1) is 50.6 Å². The number of aromatic nitrogens is 4. The first-order valence-electron chi connectivity index (χ1n) is 11.0. The zero-order chi connectivity index (χ0) is 21.4. The van der Waals surface area contributed by atoms with E-state index in [0.29, 0.717) is 6.61 Å². The van der Waals surface area contributed by atoms with E-state index in [4.69, 9.17) is 19.4 Å². The highest BCUT2D eigenvalue weighted by molar-refractivity contribution is 7.18. The molecule has 2 fully saturated rings. The Morgan fingerprint density at radius 1 is 1.10 bits per heavy atom. The molecule has 1 atom stereocenters. The largest absolute Gasteiger partial charge is 0.379 e. The molecule has 0 amide bonds. The molecule has 166 valence electrons. The Balaban J connectivity index is 1.43. The molecule has 8 nitrogen and oxygen atoms in total. The zero-order valence-electron chi connectivity index (χ0n) is 18.5. The lowest BCUT2D eigenvalue weighted by atomic mass is 10.2. The van der Waals surface area contributed by atoms with Gasteiger partial charge in [-0.15, -0.1) is 11.3 Å². The van der Waals surface area contributed by atoms with Gasteiger partial charge in [-0.05, 0) is 31.9 Å². The number of rotatable bonds is 5. The van der Waals surface area contributed by atoms with E-state index in [9.17, 15) is 0 Å². The smallest absolute Gasteiger partial charge is 0.146 e. The van der Waals surface area contributed by atoms with E-state index in [1.807, 2.05) is 10.9 Å². The summed E-state index contributed by atoms with van der Waals surface area (Å²) in [6.07, 6.45) is 4.04. The van der Waals surface area contributed by atoms with E-state index in [2.05, 4.69) is 41.9 Å². The fourth-order valence-electron chi connectivity index (χ4n) is 4.33. The standard InChI is InChI=1S/C22H30N6O2S/c1-15-10-23-28(11-15)13-18-12-27(6-9-30-18)21-20-16(2)17(3)31-22(20)25-19(24-21)14-26-4-7-29-8-5-26/h10-11,18H,4-9,12-14H2,1-3H3. The molecule has 0 aliphatic carbocycles. The van der Waals surface area contributed by atoms with Gasteiger partial charge in [0.25, 0.3) is 0 Å². The van der Waals surface area contributed by atoms with Crippen molar-refractivity contribution in [3.8, 4) is 0 Å². The maximum absolute atomic E-state index is 6.08. The molecule has 31 heavy (non-hydrogen) atoms. The summed E-state index contributed by atoms with van der Waals surface area (Å²) in [6.45, 7) is 13.7. The zero-order valence-corrected chi connectivity index (χ0v) is 19.3. The minimum atomic E-state index is 0.0841. The summed E-state index contributed by atoms with van der Waals surface area (Å²) >= 11 is 1.77. The molecule has 9 heteroatoms. The fraction of sp³-hybridized carbons (Fsp3) is 0.591. The number of nitrogens with zero attached hydrogens (tertiary/aromatic N) is 6. The summed E-state index contributed by atoms with van der Waals surface area (Å²) in [5, 5.41) is 5.63. The molecule has 0 spiro atoms. The van der Waals surface area contributed by atoms with Crippen molar-refractivity contribution in [3.05, 3.63) is 34.2 Å². The minimum Gasteiger partial charge on any atom is -0.379 e. The molecule has 2 aliphatic heterocycles. The average molecular weight is 443 g/mol. The van der Waals surface area contributed by atoms with Crippen LogP contribution in [-0.2, 0) is 22.6 Å². The Morgan fingerprint density at radius 3 is 2.71 bits per heavy atom. The van der Waals surface area contributed by atoms with E-state index >= 15 is 0 Å². The van der Waals surface area contributed by atoms with Crippen LogP contribution in [0.1, 0.15) is 21.8 Å². The van der Waals surface area contributed by atoms with Gasteiger partial charge in [0.1, 0.15) is 16.5 Å². The second-order valence-corrected chi connectivity index (χ2v) is 9.70. The van der Waals surface area contributed by atoms with Crippen LogP contribution in [-0.4, -0.2) is 76.8 Å². The van der Waals surface area contributed by atoms with Crippen LogP contribution in [0.4, 0.5) is 5.82 Å². The van der Waals surface area contributed by atoms with Crippen molar-refractivity contribution < 1.29 is 9.47 Å². The normalized spacial score (nSPS) is 20.6. The number of ether oxygens (including phenoxy) is 2. The topological polar surface area (TPSA) is 68.5 Å². The molecule has 1 unspecified atom stereocenters. The number of hydrogen-bond acceptors (Lipinski definition) is 8. The lowest BCUT2D eigenvalue weighted by molar-refractivity contribution is 0.0270. The maximum Gasteiger partial charge on any atom is 0.146 e. The molecule has 5 heterocycles. The third kappa shape index (κ3) is 4.45. The van der Waals surface area contributed by atoms with Crippen LogP contribution in [0.3, 0.4) is 0 Å². The first-order valence-corrected chi connectivity index (χ1v) is 11.8. The molecule has 0 bridgehead atoms. The predicted molar refractivity (Wildman–Crippen MR) is 122 cm³/mol. The summed E-state index contributed by atoms with van der Waals surface area (Å²) in [5.74, 6) is 1.96. The first kappa shape index (κ1) is 20.8. The number of hydrogen-bond donors (Lipinski definition) is 0. The number of aryl methyl sites for hydroxylation is 3. The SMILES string of the molecule is Cc1cnn(CC2CN(c3nc(CN4CCOCC4)nc4sc(C)c(C)c34)CCO2)c1. The summed E-state index contributed by atoms with van der Waals surface area (Å²) in [7, 11) is 0. The van der Waals surface area contributed by atoms with E-state index in [-0.39, 0.29) is 6.10 Å². The molecule has 0 saturated carbocycles. The third-order valence-electron chi connectivity index (χ3n) is 6.12. The molecule has 3 aromatic heterocycles. The molecule has 0 aromatic carbocycles. The highest BCUT2D eigenvalue weighted by Crippen LogP contribution is 2.35. The number of morpholine rings is 2. The van der Waals surface area contributed by atoms with E-state index in [1.165, 1.54) is 21.4 Å². The van der Waals surface area contributed by atoms with Crippen molar-refractivity contribution in [3.63, 3.8) is 0 Å². The second kappa shape index (κ2) is 8.82. The van der Waals surface area contributed by atoms with Crippen LogP contribution in [0.15, 0.2) is 12.4 Å². The third-order valence-corrected chi connectivity index (χ3v) is 7.22. The van der Waals surface area contributed by atoms with Crippen LogP contribution in [0.2, 0.25) is 0 Å². The molecule has 2 saturated heterocycles. The summed E-state index contributed by atoms with van der Waals surface area (Å²) in [4.78, 5) is 17.2. The lowest BCUT2D eigenvalue weighted by Gasteiger charge is -2.34. The quantitative estimate of drug-likeness (QED) is 0.601. The van der Waals surface area contributed by atoms with E-state index in [1.54, 1.807) is 11.3 Å². The van der Waals surface area contributed by atoms with Crippen LogP contribution < -0.4 is 4.90 Å². The van der Waals surface area contributed by atoms with Gasteiger partial charge in [-0.1, -0.05) is 0 Å². The number of thiophene rings is 1. The Bertz CT molecular complexity index is 1060. The molecule has 0 N–H and O–H groups in total. The van der Waals surface area contributed by atoms with Crippen molar-refractivity contribution in [2.45, 2.75) is 40.0 Å². The Kier molecular flexibility index (Phi) is 5.92. The van der Waals surface area contributed by atoms with Gasteiger partial charge in [-0.3, -0.25) is 9.58 Å². The molecular weight excluding hydrogens is 412 g/mol. The maximum atomic E-state index is 6.08. The number of fused-ring (bicyclic) bond motifs is 1. The molecule has 2 aliphatic rings. The van der Waals surface area contributed by atoms with Crippen LogP contribution in [0.5, 0.6) is 0 Å². The van der Waals surface area contributed by atoms with E-state index in [0.717, 1.165) is 69.0 Å². The van der Waals surface area contributed by atoms with Gasteiger partial charge < -0.3 is 14.4 Å². The van der Waals surface area contributed by atoms with Crippen molar-refractivity contribution in [2.24, 2.45) is 0 Å². The van der Waals surface area contributed by atoms with Gasteiger partial charge in [0, 0.05) is 37.3 Å². The van der Waals surface area contributed by atoms with Crippen LogP contribution >= 0.6 is 11.3 Å². The van der Waals surface area contributed by atoms with Gasteiger partial charge >= 0.3 is 0 Å². The highest BCUT2D eigenvalue weighted by atomic mass is 32.1. The van der Waals surface area contributed by atoms with Crippen molar-refractivity contribution in [2.75, 3.05) is 50.9 Å². The predicted octanol–water partition coefficient (Wildman–Crippen LogP) is 2.55. The lowest BCUT2D eigenvalue weighted by Crippen LogP contribution is -2.45. The number of anilines is 1. The fourth-order valence-corrected chi connectivity index (χ4v) is 5.37.